The van der Waals surface area contributed by atoms with E-state index in [2.05, 4.69) is 14.8 Å². The topological polar surface area (TPSA) is 76.9 Å². The Balaban J connectivity index is 1.92. The summed E-state index contributed by atoms with van der Waals surface area (Å²) in [5, 5.41) is 6.98. The van der Waals surface area contributed by atoms with Gasteiger partial charge >= 0.3 is 0 Å². The molecule has 0 fully saturated rings. The number of aryl methyl sites for hydroxylation is 3. The fourth-order valence-electron chi connectivity index (χ4n) is 2.26. The fourth-order valence-corrected chi connectivity index (χ4v) is 4.66. The highest BCUT2D eigenvalue weighted by atomic mass is 35.5. The van der Waals surface area contributed by atoms with Crippen molar-refractivity contribution in [2.24, 2.45) is 7.05 Å². The van der Waals surface area contributed by atoms with Crippen LogP contribution in [0.4, 0.5) is 5.82 Å². The Labute approximate surface area is 149 Å². The molecule has 0 bridgehead atoms. The summed E-state index contributed by atoms with van der Waals surface area (Å²) in [6, 6.07) is 5.03. The summed E-state index contributed by atoms with van der Waals surface area (Å²) in [4.78, 5) is 4.53. The van der Waals surface area contributed by atoms with Crippen LogP contribution >= 0.6 is 22.9 Å². The Bertz CT molecular complexity index is 1010. The SMILES string of the molecule is Cc1cc(S(=O)(=O)Nc2csc(-c3ccnn3C)n2)c(C)cc1Cl. The predicted octanol–water partition coefficient (Wildman–Crippen LogP) is 3.61. The summed E-state index contributed by atoms with van der Waals surface area (Å²) in [6.07, 6.45) is 1.67. The van der Waals surface area contributed by atoms with Crippen LogP contribution in [0.5, 0.6) is 0 Å². The highest BCUT2D eigenvalue weighted by Gasteiger charge is 2.20. The second-order valence-electron chi connectivity index (χ2n) is 5.35. The van der Waals surface area contributed by atoms with Crippen LogP contribution in [0.2, 0.25) is 5.02 Å². The molecule has 0 aliphatic heterocycles. The monoisotopic (exact) mass is 382 g/mol. The van der Waals surface area contributed by atoms with Crippen LogP contribution in [-0.4, -0.2) is 23.2 Å². The molecule has 2 aromatic heterocycles. The normalized spacial score (nSPS) is 11.7. The van der Waals surface area contributed by atoms with Gasteiger partial charge in [0.05, 0.1) is 10.6 Å². The van der Waals surface area contributed by atoms with Crippen LogP contribution in [0.3, 0.4) is 0 Å². The number of halogens is 1. The van der Waals surface area contributed by atoms with Gasteiger partial charge in [0, 0.05) is 23.6 Å². The van der Waals surface area contributed by atoms with Gasteiger partial charge in [0.2, 0.25) is 0 Å². The summed E-state index contributed by atoms with van der Waals surface area (Å²) in [5.74, 6) is 0.281. The summed E-state index contributed by atoms with van der Waals surface area (Å²) < 4.78 is 29.5. The lowest BCUT2D eigenvalue weighted by molar-refractivity contribution is 0.600. The molecule has 2 heterocycles. The van der Waals surface area contributed by atoms with Gasteiger partial charge in [-0.05, 0) is 43.2 Å². The average molecular weight is 383 g/mol. The van der Waals surface area contributed by atoms with Gasteiger partial charge in [-0.2, -0.15) is 5.10 Å². The van der Waals surface area contributed by atoms with Gasteiger partial charge in [0.1, 0.15) is 5.01 Å². The molecule has 3 rings (SSSR count). The highest BCUT2D eigenvalue weighted by molar-refractivity contribution is 7.92. The molecular formula is C15H15ClN4O2S2. The number of rotatable bonds is 4. The van der Waals surface area contributed by atoms with Crippen LogP contribution in [0.1, 0.15) is 11.1 Å². The van der Waals surface area contributed by atoms with Crippen molar-refractivity contribution < 1.29 is 8.42 Å². The Morgan fingerprint density at radius 2 is 2.00 bits per heavy atom. The molecule has 1 aromatic carbocycles. The van der Waals surface area contributed by atoms with E-state index >= 15 is 0 Å². The Kier molecular flexibility index (Phi) is 4.37. The molecule has 24 heavy (non-hydrogen) atoms. The summed E-state index contributed by atoms with van der Waals surface area (Å²) in [7, 11) is -1.93. The molecular weight excluding hydrogens is 368 g/mol. The maximum atomic E-state index is 12.6. The van der Waals surface area contributed by atoms with E-state index in [0.29, 0.717) is 21.2 Å². The molecule has 0 saturated carbocycles. The lowest BCUT2D eigenvalue weighted by Gasteiger charge is -2.10. The van der Waals surface area contributed by atoms with Gasteiger partial charge in [-0.25, -0.2) is 13.4 Å². The van der Waals surface area contributed by atoms with Crippen molar-refractivity contribution >= 4 is 38.8 Å². The molecule has 3 aromatic rings. The maximum Gasteiger partial charge on any atom is 0.263 e. The van der Waals surface area contributed by atoms with Gasteiger partial charge < -0.3 is 0 Å². The molecule has 0 spiro atoms. The number of aromatic nitrogens is 3. The van der Waals surface area contributed by atoms with Crippen LogP contribution in [0.25, 0.3) is 10.7 Å². The van der Waals surface area contributed by atoms with E-state index in [9.17, 15) is 8.42 Å². The highest BCUT2D eigenvalue weighted by Crippen LogP contribution is 2.28. The molecule has 0 radical (unpaired) electrons. The second-order valence-corrected chi connectivity index (χ2v) is 8.27. The van der Waals surface area contributed by atoms with Crippen LogP contribution < -0.4 is 4.72 Å². The summed E-state index contributed by atoms with van der Waals surface area (Å²) in [6.45, 7) is 3.48. The number of hydrogen-bond donors (Lipinski definition) is 1. The third kappa shape index (κ3) is 3.17. The van der Waals surface area contributed by atoms with Crippen LogP contribution in [-0.2, 0) is 17.1 Å². The third-order valence-corrected chi connectivity index (χ3v) is 6.30. The maximum absolute atomic E-state index is 12.6. The Morgan fingerprint density at radius 3 is 2.67 bits per heavy atom. The first-order chi connectivity index (χ1) is 11.3. The van der Waals surface area contributed by atoms with Crippen molar-refractivity contribution in [1.82, 2.24) is 14.8 Å². The number of anilines is 1. The number of nitrogens with zero attached hydrogens (tertiary/aromatic N) is 3. The minimum Gasteiger partial charge on any atom is -0.266 e. The summed E-state index contributed by atoms with van der Waals surface area (Å²) >= 11 is 7.38. The molecule has 0 aliphatic carbocycles. The molecule has 9 heteroatoms. The van der Waals surface area contributed by atoms with E-state index in [1.165, 1.54) is 11.3 Å². The molecule has 0 unspecified atom stereocenters. The first kappa shape index (κ1) is 16.9. The number of nitrogens with one attached hydrogen (secondary N) is 1. The quantitative estimate of drug-likeness (QED) is 0.747. The zero-order chi connectivity index (χ0) is 17.5. The number of sulfonamides is 1. The molecule has 1 N–H and O–H groups in total. The second kappa shape index (κ2) is 6.19. The Hall–Kier alpha value is -1.90. The minimum atomic E-state index is -3.74. The molecule has 0 amide bonds. The van der Waals surface area contributed by atoms with Crippen molar-refractivity contribution in [2.75, 3.05) is 4.72 Å². The standard InChI is InChI=1S/C15H15ClN4O2S2/c1-9-7-13(10(2)6-11(9)16)24(21,22)19-14-8-23-15(18-14)12-4-5-17-20(12)3/h4-8,19H,1-3H3. The van der Waals surface area contributed by atoms with Crippen molar-refractivity contribution in [3.63, 3.8) is 0 Å². The van der Waals surface area contributed by atoms with Gasteiger partial charge in [-0.1, -0.05) is 11.6 Å². The molecule has 0 aliphatic rings. The van der Waals surface area contributed by atoms with E-state index in [1.54, 1.807) is 49.3 Å². The van der Waals surface area contributed by atoms with E-state index < -0.39 is 10.0 Å². The van der Waals surface area contributed by atoms with E-state index in [-0.39, 0.29) is 10.7 Å². The lowest BCUT2D eigenvalue weighted by Crippen LogP contribution is -2.14. The average Bonchev–Trinajstić information content (AvgIpc) is 3.11. The zero-order valence-corrected chi connectivity index (χ0v) is 15.6. The van der Waals surface area contributed by atoms with Gasteiger partial charge in [-0.3, -0.25) is 9.40 Å². The van der Waals surface area contributed by atoms with Crippen LogP contribution in [0, 0.1) is 13.8 Å². The van der Waals surface area contributed by atoms with E-state index in [0.717, 1.165) is 5.69 Å². The number of hydrogen-bond acceptors (Lipinski definition) is 5. The number of thiazole rings is 1. The lowest BCUT2D eigenvalue weighted by atomic mass is 10.2. The van der Waals surface area contributed by atoms with E-state index in [1.807, 2.05) is 6.07 Å². The van der Waals surface area contributed by atoms with Crippen molar-refractivity contribution in [1.29, 1.82) is 0 Å². The van der Waals surface area contributed by atoms with Gasteiger partial charge in [0.15, 0.2) is 5.82 Å². The molecule has 6 nitrogen and oxygen atoms in total. The molecule has 0 saturated heterocycles. The largest absolute Gasteiger partial charge is 0.266 e. The first-order valence-corrected chi connectivity index (χ1v) is 9.75. The number of benzene rings is 1. The molecule has 126 valence electrons. The third-order valence-electron chi connectivity index (χ3n) is 3.53. The van der Waals surface area contributed by atoms with Crippen molar-refractivity contribution in [3.05, 3.63) is 45.9 Å². The summed E-state index contributed by atoms with van der Waals surface area (Å²) in [5.41, 5.74) is 2.11. The Morgan fingerprint density at radius 1 is 1.25 bits per heavy atom. The van der Waals surface area contributed by atoms with Gasteiger partial charge in [-0.15, -0.1) is 11.3 Å². The zero-order valence-electron chi connectivity index (χ0n) is 13.2. The van der Waals surface area contributed by atoms with Crippen molar-refractivity contribution in [2.45, 2.75) is 18.7 Å². The smallest absolute Gasteiger partial charge is 0.263 e. The van der Waals surface area contributed by atoms with Gasteiger partial charge in [0.25, 0.3) is 10.0 Å². The van der Waals surface area contributed by atoms with E-state index in [4.69, 9.17) is 11.6 Å². The fraction of sp³-hybridized carbons (Fsp3) is 0.200. The predicted molar refractivity (Wildman–Crippen MR) is 96.1 cm³/mol. The van der Waals surface area contributed by atoms with Crippen molar-refractivity contribution in [3.8, 4) is 10.7 Å². The van der Waals surface area contributed by atoms with Crippen LogP contribution in [0.15, 0.2) is 34.7 Å². The first-order valence-electron chi connectivity index (χ1n) is 7.01. The molecule has 0 atom stereocenters. The minimum absolute atomic E-state index is 0.194.